The second kappa shape index (κ2) is 9.73. The number of allylic oxidation sites excluding steroid dienone is 1. The van der Waals surface area contributed by atoms with Gasteiger partial charge in [0.1, 0.15) is 6.33 Å². The lowest BCUT2D eigenvalue weighted by molar-refractivity contribution is -0.0292. The number of rotatable bonds is 4. The highest BCUT2D eigenvalue weighted by molar-refractivity contribution is 5.20. The van der Waals surface area contributed by atoms with Gasteiger partial charge in [-0.25, -0.2) is 9.97 Å². The topological polar surface area (TPSA) is 46.0 Å². The van der Waals surface area contributed by atoms with E-state index in [2.05, 4.69) is 36.0 Å². The van der Waals surface area contributed by atoms with Crippen LogP contribution in [-0.2, 0) is 6.42 Å². The lowest BCUT2D eigenvalue weighted by atomic mass is 9.51. The molecule has 1 heterocycles. The molecule has 3 nitrogen and oxygen atoms in total. The van der Waals surface area contributed by atoms with E-state index in [0.29, 0.717) is 5.41 Å². The van der Waals surface area contributed by atoms with E-state index in [-0.39, 0.29) is 6.10 Å². The molecule has 8 unspecified atom stereocenters. The van der Waals surface area contributed by atoms with Crippen LogP contribution in [0.15, 0.2) is 30.2 Å². The van der Waals surface area contributed by atoms with Gasteiger partial charge in [0.2, 0.25) is 0 Å². The molecule has 1 aromatic rings. The molecule has 1 N–H and O–H groups in total. The zero-order valence-corrected chi connectivity index (χ0v) is 20.3. The number of hydrogen-bond acceptors (Lipinski definition) is 3. The van der Waals surface area contributed by atoms with E-state index in [1.54, 1.807) is 11.9 Å². The van der Waals surface area contributed by atoms with Gasteiger partial charge in [0.05, 0.1) is 6.10 Å². The molecule has 0 radical (unpaired) electrons. The van der Waals surface area contributed by atoms with Crippen LogP contribution in [0.1, 0.15) is 91.2 Å². The predicted molar refractivity (Wildman–Crippen MR) is 127 cm³/mol. The molecule has 8 atom stereocenters. The molecule has 4 aliphatic carbocycles. The first kappa shape index (κ1) is 23.0. The normalized spacial score (nSPS) is 39.8. The van der Waals surface area contributed by atoms with Gasteiger partial charge in [-0.2, -0.15) is 0 Å². The Balaban J connectivity index is 0.00000112. The highest BCUT2D eigenvalue weighted by atomic mass is 16.3. The molecular weight excluding hydrogens is 380 g/mol. The number of aryl methyl sites for hydroxylation is 1. The molecule has 3 saturated carbocycles. The van der Waals surface area contributed by atoms with E-state index < -0.39 is 0 Å². The molecule has 0 bridgehead atoms. The Morgan fingerprint density at radius 2 is 1.97 bits per heavy atom. The third kappa shape index (κ3) is 4.36. The van der Waals surface area contributed by atoms with Gasteiger partial charge in [-0.15, -0.1) is 0 Å². The maximum atomic E-state index is 10.1. The van der Waals surface area contributed by atoms with Gasteiger partial charge >= 0.3 is 0 Å². The smallest absolute Gasteiger partial charge is 0.115 e. The summed E-state index contributed by atoms with van der Waals surface area (Å²) in [5.74, 6) is 5.14. The van der Waals surface area contributed by atoms with Crippen LogP contribution in [0.3, 0.4) is 0 Å². The molecule has 1 aromatic heterocycles. The lowest BCUT2D eigenvalue weighted by Gasteiger charge is -2.54. The van der Waals surface area contributed by atoms with E-state index in [1.807, 2.05) is 20.0 Å². The minimum Gasteiger partial charge on any atom is -0.393 e. The molecule has 3 fully saturated rings. The zero-order chi connectivity index (χ0) is 22.0. The number of aromatic nitrogens is 2. The summed E-state index contributed by atoms with van der Waals surface area (Å²) in [5, 5.41) is 10.1. The van der Waals surface area contributed by atoms with Crippen LogP contribution in [0.5, 0.6) is 0 Å². The molecule has 0 aliphatic heterocycles. The molecule has 0 amide bonds. The Bertz CT molecular complexity index is 747. The average molecular weight is 425 g/mol. The molecule has 0 aromatic carbocycles. The summed E-state index contributed by atoms with van der Waals surface area (Å²) in [4.78, 5) is 8.49. The fraction of sp³-hybridized carbons (Fsp3) is 0.786. The summed E-state index contributed by atoms with van der Waals surface area (Å²) in [5.41, 5.74) is 3.34. The van der Waals surface area contributed by atoms with Crippen LogP contribution >= 0.6 is 0 Å². The van der Waals surface area contributed by atoms with Crippen LogP contribution in [0, 0.1) is 40.9 Å². The van der Waals surface area contributed by atoms with Crippen molar-refractivity contribution >= 4 is 0 Å². The SMILES string of the molecule is CC.CC(CCc1ccncn1)C1CCC2C3CC=C4CC(O)CCC4C3CCC12C. The van der Waals surface area contributed by atoms with Crippen LogP contribution in [0.4, 0.5) is 0 Å². The fourth-order valence-electron chi connectivity index (χ4n) is 8.27. The summed E-state index contributed by atoms with van der Waals surface area (Å²) < 4.78 is 0. The number of aliphatic hydroxyl groups is 1. The van der Waals surface area contributed by atoms with Gasteiger partial charge < -0.3 is 5.11 Å². The van der Waals surface area contributed by atoms with Crippen LogP contribution < -0.4 is 0 Å². The molecule has 0 spiro atoms. The van der Waals surface area contributed by atoms with Gasteiger partial charge in [-0.3, -0.25) is 0 Å². The van der Waals surface area contributed by atoms with Gasteiger partial charge in [-0.1, -0.05) is 39.3 Å². The number of nitrogens with zero attached hydrogens (tertiary/aromatic N) is 2. The average Bonchev–Trinajstić information content (AvgIpc) is 3.16. The zero-order valence-electron chi connectivity index (χ0n) is 20.3. The van der Waals surface area contributed by atoms with Crippen molar-refractivity contribution in [1.82, 2.24) is 9.97 Å². The molecule has 3 heteroatoms. The number of aliphatic hydroxyl groups excluding tert-OH is 1. The van der Waals surface area contributed by atoms with Crippen molar-refractivity contribution in [2.75, 3.05) is 0 Å². The third-order valence-electron chi connectivity index (χ3n) is 9.68. The summed E-state index contributed by atoms with van der Waals surface area (Å²) in [6, 6.07) is 2.07. The quantitative estimate of drug-likeness (QED) is 0.552. The van der Waals surface area contributed by atoms with Crippen molar-refractivity contribution in [3.63, 3.8) is 0 Å². The van der Waals surface area contributed by atoms with Gasteiger partial charge in [0.25, 0.3) is 0 Å². The van der Waals surface area contributed by atoms with Crippen molar-refractivity contribution in [1.29, 1.82) is 0 Å². The van der Waals surface area contributed by atoms with E-state index in [0.717, 1.165) is 54.8 Å². The van der Waals surface area contributed by atoms with Gasteiger partial charge in [-0.05, 0) is 111 Å². The van der Waals surface area contributed by atoms with E-state index in [4.69, 9.17) is 0 Å². The highest BCUT2D eigenvalue weighted by Gasteiger charge is 2.56. The van der Waals surface area contributed by atoms with E-state index in [1.165, 1.54) is 50.6 Å². The first-order chi connectivity index (χ1) is 15.1. The second-order valence-electron chi connectivity index (χ2n) is 10.9. The Kier molecular flexibility index (Phi) is 7.20. The predicted octanol–water partition coefficient (Wildman–Crippen LogP) is 6.62. The molecule has 4 aliphatic rings. The number of hydrogen-bond donors (Lipinski definition) is 1. The highest BCUT2D eigenvalue weighted by Crippen LogP contribution is 2.64. The Morgan fingerprint density at radius 1 is 1.13 bits per heavy atom. The fourth-order valence-corrected chi connectivity index (χ4v) is 8.27. The number of fused-ring (bicyclic) bond motifs is 5. The third-order valence-corrected chi connectivity index (χ3v) is 9.68. The van der Waals surface area contributed by atoms with Crippen LogP contribution in [0.25, 0.3) is 0 Å². The van der Waals surface area contributed by atoms with Crippen molar-refractivity contribution < 1.29 is 5.11 Å². The summed E-state index contributed by atoms with van der Waals surface area (Å²) in [6.45, 7) is 9.16. The van der Waals surface area contributed by atoms with Gasteiger partial charge in [0, 0.05) is 11.9 Å². The minimum absolute atomic E-state index is 0.0745. The van der Waals surface area contributed by atoms with Crippen molar-refractivity contribution in [3.8, 4) is 0 Å². The molecule has 31 heavy (non-hydrogen) atoms. The first-order valence-corrected chi connectivity index (χ1v) is 13.2. The van der Waals surface area contributed by atoms with Gasteiger partial charge in [0.15, 0.2) is 0 Å². The van der Waals surface area contributed by atoms with E-state index in [9.17, 15) is 5.11 Å². The van der Waals surface area contributed by atoms with E-state index >= 15 is 0 Å². The Morgan fingerprint density at radius 3 is 2.74 bits per heavy atom. The second-order valence-corrected chi connectivity index (χ2v) is 10.9. The van der Waals surface area contributed by atoms with Crippen LogP contribution in [-0.4, -0.2) is 21.2 Å². The molecule has 172 valence electrons. The Labute approximate surface area is 190 Å². The molecule has 0 saturated heterocycles. The molecule has 5 rings (SSSR count). The standard InChI is InChI=1S/C26H38N2O.C2H6/c1-17(3-5-19-12-14-27-16-28-19)24-9-10-25-23-7-4-18-15-20(29)6-8-21(18)22(23)11-13-26(24,25)2;1-2/h4,12,14,16-17,20-25,29H,3,5-11,13,15H2,1-2H3;1-2H3. The van der Waals surface area contributed by atoms with Crippen LogP contribution in [0.2, 0.25) is 0 Å². The van der Waals surface area contributed by atoms with Crippen molar-refractivity contribution in [2.45, 2.75) is 98.0 Å². The maximum Gasteiger partial charge on any atom is 0.115 e. The lowest BCUT2D eigenvalue weighted by Crippen LogP contribution is -2.47. The summed E-state index contributed by atoms with van der Waals surface area (Å²) in [7, 11) is 0. The minimum atomic E-state index is -0.0745. The molecular formula is C28H44N2O. The summed E-state index contributed by atoms with van der Waals surface area (Å²) in [6.07, 6.45) is 18.6. The summed E-state index contributed by atoms with van der Waals surface area (Å²) >= 11 is 0. The maximum absolute atomic E-state index is 10.1. The largest absolute Gasteiger partial charge is 0.393 e. The first-order valence-electron chi connectivity index (χ1n) is 13.2. The van der Waals surface area contributed by atoms with Crippen molar-refractivity contribution in [2.24, 2.45) is 40.9 Å². The van der Waals surface area contributed by atoms with Crippen molar-refractivity contribution in [3.05, 3.63) is 35.9 Å². The monoisotopic (exact) mass is 424 g/mol. The Hall–Kier alpha value is -1.22.